The second kappa shape index (κ2) is 7.95. The van der Waals surface area contributed by atoms with Crippen molar-refractivity contribution in [1.29, 1.82) is 0 Å². The van der Waals surface area contributed by atoms with E-state index in [1.807, 2.05) is 24.0 Å². The molecule has 1 aromatic carbocycles. The van der Waals surface area contributed by atoms with Crippen molar-refractivity contribution in [3.05, 3.63) is 34.9 Å². The van der Waals surface area contributed by atoms with Crippen LogP contribution in [0.1, 0.15) is 44.3 Å². The minimum atomic E-state index is -0.487. The maximum atomic E-state index is 12.1. The molecule has 2 atom stereocenters. The van der Waals surface area contributed by atoms with Crippen molar-refractivity contribution in [1.82, 2.24) is 4.90 Å². The normalized spacial score (nSPS) is 19.0. The first-order valence-electron chi connectivity index (χ1n) is 7.94. The lowest BCUT2D eigenvalue weighted by atomic mass is 9.87. The van der Waals surface area contributed by atoms with Crippen LogP contribution in [-0.2, 0) is 4.79 Å². The van der Waals surface area contributed by atoms with Gasteiger partial charge >= 0.3 is 0 Å². The monoisotopic (exact) mass is 324 g/mol. The first-order valence-corrected chi connectivity index (χ1v) is 8.32. The topological polar surface area (TPSA) is 66.6 Å². The van der Waals surface area contributed by atoms with Gasteiger partial charge in [0.1, 0.15) is 0 Å². The van der Waals surface area contributed by atoms with Crippen molar-refractivity contribution in [2.45, 2.75) is 44.8 Å². The summed E-state index contributed by atoms with van der Waals surface area (Å²) in [6.07, 6.45) is 2.41. The van der Waals surface area contributed by atoms with Gasteiger partial charge < -0.3 is 15.7 Å². The van der Waals surface area contributed by atoms with Crippen LogP contribution in [0.2, 0.25) is 5.02 Å². The quantitative estimate of drug-likeness (QED) is 0.875. The molecule has 0 spiro atoms. The second-order valence-corrected chi connectivity index (χ2v) is 6.67. The van der Waals surface area contributed by atoms with Gasteiger partial charge in [-0.3, -0.25) is 4.79 Å². The highest BCUT2D eigenvalue weighted by atomic mass is 35.5. The van der Waals surface area contributed by atoms with Gasteiger partial charge in [-0.05, 0) is 49.8 Å². The minimum absolute atomic E-state index is 0.0632. The van der Waals surface area contributed by atoms with E-state index in [1.54, 1.807) is 12.1 Å². The van der Waals surface area contributed by atoms with Crippen molar-refractivity contribution < 1.29 is 9.90 Å². The summed E-state index contributed by atoms with van der Waals surface area (Å²) in [5.41, 5.74) is 6.59. The summed E-state index contributed by atoms with van der Waals surface area (Å²) < 4.78 is 0. The Balaban J connectivity index is 1.83. The first-order chi connectivity index (χ1) is 10.5. The number of rotatable bonds is 5. The zero-order valence-electron chi connectivity index (χ0n) is 13.0. The Kier molecular flexibility index (Phi) is 6.24. The highest BCUT2D eigenvalue weighted by Gasteiger charge is 2.28. The van der Waals surface area contributed by atoms with Gasteiger partial charge in [0.15, 0.2) is 0 Å². The van der Waals surface area contributed by atoms with Crippen LogP contribution in [0.5, 0.6) is 0 Å². The standard InChI is InChI=1S/C17H25ClN2O2/c1-12(19)2-7-16(21)20-10-8-14(9-11-20)17(22)13-3-5-15(18)6-4-13/h3-6,12,14,17,22H,2,7-11,19H2,1H3. The third kappa shape index (κ3) is 4.70. The number of aliphatic hydroxyl groups is 1. The van der Waals surface area contributed by atoms with E-state index in [9.17, 15) is 9.90 Å². The van der Waals surface area contributed by atoms with Gasteiger partial charge in [0, 0.05) is 30.6 Å². The van der Waals surface area contributed by atoms with E-state index < -0.39 is 6.10 Å². The van der Waals surface area contributed by atoms with Crippen LogP contribution < -0.4 is 5.73 Å². The Hall–Kier alpha value is -1.10. The van der Waals surface area contributed by atoms with Crippen LogP contribution in [0, 0.1) is 5.92 Å². The molecule has 1 heterocycles. The summed E-state index contributed by atoms with van der Waals surface area (Å²) in [4.78, 5) is 14.0. The molecule has 5 heteroatoms. The summed E-state index contributed by atoms with van der Waals surface area (Å²) in [7, 11) is 0. The molecule has 0 radical (unpaired) electrons. The molecule has 1 aromatic rings. The Morgan fingerprint density at radius 2 is 1.95 bits per heavy atom. The molecule has 1 aliphatic heterocycles. The van der Waals surface area contributed by atoms with Crippen LogP contribution >= 0.6 is 11.6 Å². The Bertz CT molecular complexity index is 482. The van der Waals surface area contributed by atoms with E-state index in [0.29, 0.717) is 24.5 Å². The Labute approximate surface area is 137 Å². The Morgan fingerprint density at radius 3 is 2.50 bits per heavy atom. The molecule has 1 fully saturated rings. The molecule has 2 rings (SSSR count). The average molecular weight is 325 g/mol. The van der Waals surface area contributed by atoms with Gasteiger partial charge in [-0.25, -0.2) is 0 Å². The third-order valence-electron chi connectivity index (χ3n) is 4.36. The number of nitrogens with two attached hydrogens (primary N) is 1. The predicted octanol–water partition coefficient (Wildman–Crippen LogP) is 2.74. The SMILES string of the molecule is CC(N)CCC(=O)N1CCC(C(O)c2ccc(Cl)cc2)CC1. The predicted molar refractivity (Wildman–Crippen MR) is 88.6 cm³/mol. The van der Waals surface area contributed by atoms with Crippen LogP contribution in [0.4, 0.5) is 0 Å². The molecule has 0 aromatic heterocycles. The smallest absolute Gasteiger partial charge is 0.222 e. The number of hydrogen-bond acceptors (Lipinski definition) is 3. The maximum Gasteiger partial charge on any atom is 0.222 e. The summed E-state index contributed by atoms with van der Waals surface area (Å²) in [6, 6.07) is 7.40. The number of carbonyl (C=O) groups excluding carboxylic acids is 1. The van der Waals surface area contributed by atoms with Crippen LogP contribution in [0.25, 0.3) is 0 Å². The minimum Gasteiger partial charge on any atom is -0.388 e. The van der Waals surface area contributed by atoms with Gasteiger partial charge in [-0.15, -0.1) is 0 Å². The molecule has 1 amide bonds. The number of benzene rings is 1. The lowest BCUT2D eigenvalue weighted by molar-refractivity contribution is -0.133. The van der Waals surface area contributed by atoms with Gasteiger partial charge in [-0.1, -0.05) is 23.7 Å². The summed E-state index contributed by atoms with van der Waals surface area (Å²) in [5.74, 6) is 0.371. The number of likely N-dealkylation sites (tertiary alicyclic amines) is 1. The van der Waals surface area contributed by atoms with Gasteiger partial charge in [-0.2, -0.15) is 0 Å². The van der Waals surface area contributed by atoms with Crippen LogP contribution in [0.15, 0.2) is 24.3 Å². The van der Waals surface area contributed by atoms with E-state index >= 15 is 0 Å². The molecule has 0 aliphatic carbocycles. The van der Waals surface area contributed by atoms with Crippen molar-refractivity contribution >= 4 is 17.5 Å². The molecule has 4 nitrogen and oxygen atoms in total. The van der Waals surface area contributed by atoms with Crippen molar-refractivity contribution in [3.8, 4) is 0 Å². The van der Waals surface area contributed by atoms with Gasteiger partial charge in [0.2, 0.25) is 5.91 Å². The maximum absolute atomic E-state index is 12.1. The number of amides is 1. The molecule has 2 unspecified atom stereocenters. The molecule has 3 N–H and O–H groups in total. The number of carbonyl (C=O) groups is 1. The fourth-order valence-electron chi connectivity index (χ4n) is 2.91. The number of halogens is 1. The summed E-state index contributed by atoms with van der Waals surface area (Å²) in [5, 5.41) is 11.1. The van der Waals surface area contributed by atoms with E-state index in [1.165, 1.54) is 0 Å². The summed E-state index contributed by atoms with van der Waals surface area (Å²) >= 11 is 5.87. The van der Waals surface area contributed by atoms with Crippen molar-refractivity contribution in [3.63, 3.8) is 0 Å². The summed E-state index contributed by atoms with van der Waals surface area (Å²) in [6.45, 7) is 3.35. The van der Waals surface area contributed by atoms with Crippen LogP contribution in [-0.4, -0.2) is 35.0 Å². The molecule has 22 heavy (non-hydrogen) atoms. The van der Waals surface area contributed by atoms with E-state index in [0.717, 1.165) is 24.8 Å². The molecule has 1 aliphatic rings. The third-order valence-corrected chi connectivity index (χ3v) is 4.62. The molecule has 0 saturated carbocycles. The number of aliphatic hydroxyl groups excluding tert-OH is 1. The number of piperidine rings is 1. The van der Waals surface area contributed by atoms with Crippen molar-refractivity contribution in [2.75, 3.05) is 13.1 Å². The zero-order chi connectivity index (χ0) is 16.1. The lowest BCUT2D eigenvalue weighted by Crippen LogP contribution is -2.40. The molecule has 122 valence electrons. The highest BCUT2D eigenvalue weighted by Crippen LogP contribution is 2.31. The first kappa shape index (κ1) is 17.3. The lowest BCUT2D eigenvalue weighted by Gasteiger charge is -2.34. The van der Waals surface area contributed by atoms with E-state index in [-0.39, 0.29) is 17.9 Å². The molecule has 0 bridgehead atoms. The number of nitrogens with zero attached hydrogens (tertiary/aromatic N) is 1. The van der Waals surface area contributed by atoms with E-state index in [4.69, 9.17) is 17.3 Å². The fourth-order valence-corrected chi connectivity index (χ4v) is 3.03. The largest absolute Gasteiger partial charge is 0.388 e. The molecule has 1 saturated heterocycles. The van der Waals surface area contributed by atoms with Gasteiger partial charge in [0.25, 0.3) is 0 Å². The Morgan fingerprint density at radius 1 is 1.36 bits per heavy atom. The van der Waals surface area contributed by atoms with Crippen molar-refractivity contribution in [2.24, 2.45) is 11.7 Å². The van der Waals surface area contributed by atoms with Crippen LogP contribution in [0.3, 0.4) is 0 Å². The second-order valence-electron chi connectivity index (χ2n) is 6.23. The average Bonchev–Trinajstić information content (AvgIpc) is 2.53. The number of hydrogen-bond donors (Lipinski definition) is 2. The zero-order valence-corrected chi connectivity index (χ0v) is 13.8. The molecular weight excluding hydrogens is 300 g/mol. The highest BCUT2D eigenvalue weighted by molar-refractivity contribution is 6.30. The van der Waals surface area contributed by atoms with Gasteiger partial charge in [0.05, 0.1) is 6.10 Å². The fraction of sp³-hybridized carbons (Fsp3) is 0.588. The molecular formula is C17H25ClN2O2. The van der Waals surface area contributed by atoms with E-state index in [2.05, 4.69) is 0 Å².